The van der Waals surface area contributed by atoms with Gasteiger partial charge in [0.1, 0.15) is 29.6 Å². The first kappa shape index (κ1) is 56.1. The number of nitrogens with one attached hydrogen (secondary N) is 2. The number of aliphatic imine (C=N–C) groups is 2. The first-order valence-electron chi connectivity index (χ1n) is 24.2. The Morgan fingerprint density at radius 3 is 1.58 bits per heavy atom. The number of phenols is 2. The molecule has 7 N–H and O–H groups in total. The van der Waals surface area contributed by atoms with Gasteiger partial charge in [-0.05, 0) is 68.5 Å². The summed E-state index contributed by atoms with van der Waals surface area (Å²) in [6.45, 7) is 2.52. The normalized spacial score (nSPS) is 11.6. The first-order valence-corrected chi connectivity index (χ1v) is 24.2. The fourth-order valence-corrected chi connectivity index (χ4v) is 7.33. The Kier molecular flexibility index (Phi) is 25.5. The lowest BCUT2D eigenvalue weighted by Crippen LogP contribution is -2.42. The Morgan fingerprint density at radius 1 is 0.606 bits per heavy atom. The third kappa shape index (κ3) is 20.9. The Balaban J connectivity index is 0.000000381. The van der Waals surface area contributed by atoms with E-state index in [0.29, 0.717) is 35.9 Å². The maximum Gasteiger partial charge on any atom is 0.408 e. The molecule has 0 spiro atoms. The summed E-state index contributed by atoms with van der Waals surface area (Å²) >= 11 is 0. The zero-order chi connectivity index (χ0) is 51.1. The Labute approximate surface area is 417 Å². The summed E-state index contributed by atoms with van der Waals surface area (Å²) in [5.41, 5.74) is 11.1. The molecule has 378 valence electrons. The number of unbranched alkanes of at least 4 members (excludes halogenated alkanes) is 6. The van der Waals surface area contributed by atoms with Crippen molar-refractivity contribution in [2.24, 2.45) is 15.7 Å². The predicted molar refractivity (Wildman–Crippen MR) is 277 cm³/mol. The number of carbonyl (C=O) groups is 4. The van der Waals surface area contributed by atoms with Gasteiger partial charge < -0.3 is 45.9 Å². The summed E-state index contributed by atoms with van der Waals surface area (Å²) in [4.78, 5) is 57.9. The molecule has 0 fully saturated rings. The number of aromatic hydroxyl groups is 2. The number of ether oxygens (including phenoxy) is 3. The minimum atomic E-state index is -1.12. The van der Waals surface area contributed by atoms with Crippen molar-refractivity contribution in [2.45, 2.75) is 89.7 Å². The summed E-state index contributed by atoms with van der Waals surface area (Å²) in [7, 11) is 3.13. The molecule has 5 aromatic rings. The number of Topliss-reactive ketones (excluding diaryl/α,β-unsaturated/α-hetero) is 1. The second-order valence-electron chi connectivity index (χ2n) is 16.6. The average Bonchev–Trinajstić information content (AvgIpc) is 3.39. The molecule has 15 heteroatoms. The van der Waals surface area contributed by atoms with Gasteiger partial charge in [-0.3, -0.25) is 24.4 Å². The van der Waals surface area contributed by atoms with Crippen LogP contribution in [0.25, 0.3) is 0 Å². The second kappa shape index (κ2) is 32.3. The molecule has 5 aromatic carbocycles. The number of amides is 2. The number of carbonyl (C=O) groups excluding carboxylic acids is 3. The van der Waals surface area contributed by atoms with Gasteiger partial charge in [0, 0.05) is 66.9 Å². The van der Waals surface area contributed by atoms with Crippen LogP contribution in [0.1, 0.15) is 105 Å². The fraction of sp³-hybridized carbons (Fsp3) is 0.357. The zero-order valence-electron chi connectivity index (χ0n) is 40.9. The largest absolute Gasteiger partial charge is 0.507 e. The molecule has 0 aliphatic heterocycles. The van der Waals surface area contributed by atoms with Crippen LogP contribution in [-0.4, -0.2) is 96.9 Å². The van der Waals surface area contributed by atoms with Crippen LogP contribution in [0.5, 0.6) is 23.0 Å². The molecule has 5 rings (SSSR count). The molecule has 2 amide bonds. The minimum Gasteiger partial charge on any atom is -0.507 e. The average molecular weight is 972 g/mol. The van der Waals surface area contributed by atoms with Gasteiger partial charge in [0.25, 0.3) is 0 Å². The van der Waals surface area contributed by atoms with E-state index in [2.05, 4.69) is 10.6 Å². The highest BCUT2D eigenvalue weighted by atomic mass is 16.5. The van der Waals surface area contributed by atoms with Crippen LogP contribution >= 0.6 is 0 Å². The van der Waals surface area contributed by atoms with Crippen LogP contribution in [0.4, 0.5) is 4.79 Å². The van der Waals surface area contributed by atoms with Crippen molar-refractivity contribution in [3.8, 4) is 23.0 Å². The smallest absolute Gasteiger partial charge is 0.408 e. The van der Waals surface area contributed by atoms with Gasteiger partial charge >= 0.3 is 12.1 Å². The third-order valence-electron chi connectivity index (χ3n) is 11.2. The second-order valence-corrected chi connectivity index (χ2v) is 16.6. The van der Waals surface area contributed by atoms with Crippen LogP contribution in [0.15, 0.2) is 137 Å². The van der Waals surface area contributed by atoms with Gasteiger partial charge in [-0.25, -0.2) is 4.79 Å². The number of methoxy groups -OCH3 is 2. The van der Waals surface area contributed by atoms with Crippen molar-refractivity contribution in [2.75, 3.05) is 40.4 Å². The number of carboxylic acids is 1. The van der Waals surface area contributed by atoms with Crippen LogP contribution in [-0.2, 0) is 25.7 Å². The standard InChI is InChI=1S/C36H43N3O8.C20H26N2O2/c1-46-28-16-17-29(32(41)24-28)35(27-14-8-5-9-15-27)38-23-11-3-2-10-22-37-33(42)20-18-30(31(40)19-21-34(43)44)39-36(45)47-25-26-12-6-4-7-13-26;1-24-17-11-12-18(19(23)15-17)20(16-9-5-4-6-10-16)22-14-8-3-2-7-13-21/h4-9,12-17,24,30,41H,2-3,10-11,18-23,25H2,1H3,(H,37,42)(H,39,45)(H,43,44);4-6,9-12,15,23H,2-3,7-8,13-14,21H2,1H3/t30-;/m0./s1. The number of ketones is 1. The topological polar surface area (TPSA) is 231 Å². The lowest BCUT2D eigenvalue weighted by Gasteiger charge is -2.17. The first-order chi connectivity index (χ1) is 34.5. The Morgan fingerprint density at radius 2 is 1.10 bits per heavy atom. The maximum absolute atomic E-state index is 12.6. The quantitative estimate of drug-likeness (QED) is 0.0195. The lowest BCUT2D eigenvalue weighted by molar-refractivity contribution is -0.138. The van der Waals surface area contributed by atoms with Crippen molar-refractivity contribution in [3.05, 3.63) is 155 Å². The van der Waals surface area contributed by atoms with Crippen molar-refractivity contribution >= 4 is 35.2 Å². The number of nitrogens with zero attached hydrogens (tertiary/aromatic N) is 2. The number of hydrogen-bond donors (Lipinski definition) is 6. The fourth-order valence-electron chi connectivity index (χ4n) is 7.33. The lowest BCUT2D eigenvalue weighted by atomic mass is 10.0. The SMILES string of the molecule is COc1ccc(C(=NCCCCCCN)c2ccccc2)c(O)c1.COc1ccc(C(=NCCCCCCNC(=O)CC[C@H](NC(=O)OCc2ccccc2)C(=O)CCC(=O)O)c2ccccc2)c(O)c1. The molecule has 15 nitrogen and oxygen atoms in total. The Bertz CT molecular complexity index is 2450. The van der Waals surface area contributed by atoms with Gasteiger partial charge in [0.15, 0.2) is 5.78 Å². The number of alkyl carbamates (subject to hydrolysis) is 1. The van der Waals surface area contributed by atoms with E-state index in [1.807, 2.05) is 91.0 Å². The Hall–Kier alpha value is -7.52. The summed E-state index contributed by atoms with van der Waals surface area (Å²) in [5, 5.41) is 35.2. The van der Waals surface area contributed by atoms with E-state index in [-0.39, 0.29) is 49.7 Å². The summed E-state index contributed by atoms with van der Waals surface area (Å²) in [6.07, 6.45) is 6.25. The van der Waals surface area contributed by atoms with E-state index in [4.69, 9.17) is 35.0 Å². The van der Waals surface area contributed by atoms with E-state index >= 15 is 0 Å². The number of aliphatic carboxylic acids is 1. The summed E-state index contributed by atoms with van der Waals surface area (Å²) < 4.78 is 15.6. The number of rotatable bonds is 29. The van der Waals surface area contributed by atoms with E-state index in [0.717, 1.165) is 92.4 Å². The molecule has 0 aliphatic carbocycles. The van der Waals surface area contributed by atoms with Crippen molar-refractivity contribution in [3.63, 3.8) is 0 Å². The monoisotopic (exact) mass is 972 g/mol. The van der Waals surface area contributed by atoms with E-state index in [9.17, 15) is 29.4 Å². The zero-order valence-corrected chi connectivity index (χ0v) is 40.9. The van der Waals surface area contributed by atoms with Crippen molar-refractivity contribution in [1.29, 1.82) is 0 Å². The summed E-state index contributed by atoms with van der Waals surface area (Å²) in [6, 6.07) is 38.1. The maximum atomic E-state index is 12.6. The molecular formula is C56H69N5O10. The molecule has 0 heterocycles. The van der Waals surface area contributed by atoms with E-state index in [1.165, 1.54) is 0 Å². The molecule has 0 radical (unpaired) electrons. The van der Waals surface area contributed by atoms with Crippen molar-refractivity contribution < 1.29 is 48.7 Å². The third-order valence-corrected chi connectivity index (χ3v) is 11.2. The highest BCUT2D eigenvalue weighted by molar-refractivity contribution is 6.15. The molecule has 0 bridgehead atoms. The molecule has 0 saturated carbocycles. The van der Waals surface area contributed by atoms with Gasteiger partial charge in [-0.1, -0.05) is 117 Å². The minimum absolute atomic E-state index is 0.00992. The van der Waals surface area contributed by atoms with Crippen LogP contribution in [0, 0.1) is 0 Å². The van der Waals surface area contributed by atoms with Gasteiger partial charge in [0.2, 0.25) is 5.91 Å². The van der Waals surface area contributed by atoms with Gasteiger partial charge in [-0.2, -0.15) is 0 Å². The molecule has 0 aromatic heterocycles. The molecule has 0 saturated heterocycles. The van der Waals surface area contributed by atoms with Crippen LogP contribution in [0.3, 0.4) is 0 Å². The highest BCUT2D eigenvalue weighted by Gasteiger charge is 2.23. The predicted octanol–water partition coefficient (Wildman–Crippen LogP) is 9.18. The highest BCUT2D eigenvalue weighted by Crippen LogP contribution is 2.28. The molecule has 0 unspecified atom stereocenters. The molecule has 71 heavy (non-hydrogen) atoms. The summed E-state index contributed by atoms with van der Waals surface area (Å²) in [5.74, 6) is -0.399. The van der Waals surface area contributed by atoms with Crippen LogP contribution < -0.4 is 25.8 Å². The number of benzene rings is 5. The number of nitrogens with two attached hydrogens (primary N) is 1. The number of hydrogen-bond acceptors (Lipinski definition) is 12. The number of phenolic OH excluding ortho intramolecular Hbond substituents is 2. The molecule has 0 aliphatic rings. The van der Waals surface area contributed by atoms with E-state index < -0.39 is 23.9 Å². The molecular weight excluding hydrogens is 903 g/mol. The van der Waals surface area contributed by atoms with E-state index in [1.54, 1.807) is 50.6 Å². The van der Waals surface area contributed by atoms with Gasteiger partial charge in [0.05, 0.1) is 38.1 Å². The van der Waals surface area contributed by atoms with Gasteiger partial charge in [-0.15, -0.1) is 0 Å². The molecule has 1 atom stereocenters. The van der Waals surface area contributed by atoms with Crippen molar-refractivity contribution in [1.82, 2.24) is 10.6 Å². The van der Waals surface area contributed by atoms with Crippen LogP contribution in [0.2, 0.25) is 0 Å². The number of carboxylic acid groups (broad SMARTS) is 1.